The van der Waals surface area contributed by atoms with Crippen molar-refractivity contribution in [1.82, 2.24) is 4.98 Å². The Balaban J connectivity index is 2.05. The molecular formula is C26H25N3O. The van der Waals surface area contributed by atoms with Crippen LogP contribution in [-0.4, -0.2) is 17.8 Å². The van der Waals surface area contributed by atoms with E-state index in [2.05, 4.69) is 31.3 Å². The van der Waals surface area contributed by atoms with Gasteiger partial charge in [-0.3, -0.25) is 0 Å². The van der Waals surface area contributed by atoms with Gasteiger partial charge < -0.3 is 15.5 Å². The number of hydrogen-bond acceptors (Lipinski definition) is 4. The predicted octanol–water partition coefficient (Wildman–Crippen LogP) is 6.66. The summed E-state index contributed by atoms with van der Waals surface area (Å²) < 4.78 is 5.34. The molecule has 0 aliphatic heterocycles. The van der Waals surface area contributed by atoms with Gasteiger partial charge >= 0.3 is 0 Å². The first-order valence-corrected chi connectivity index (χ1v) is 9.95. The molecule has 150 valence electrons. The number of aryl methyl sites for hydroxylation is 2. The van der Waals surface area contributed by atoms with Crippen molar-refractivity contribution in [2.75, 3.05) is 12.4 Å². The third-order valence-corrected chi connectivity index (χ3v) is 5.39. The van der Waals surface area contributed by atoms with Gasteiger partial charge in [-0.1, -0.05) is 30.3 Å². The first-order chi connectivity index (χ1) is 14.5. The highest BCUT2D eigenvalue weighted by Gasteiger charge is 2.19. The Kier molecular flexibility index (Phi) is 5.23. The molecule has 0 radical (unpaired) electrons. The van der Waals surface area contributed by atoms with Gasteiger partial charge in [0, 0.05) is 27.9 Å². The maximum absolute atomic E-state index is 8.58. The number of fused-ring (bicyclic) bond motifs is 1. The maximum Gasteiger partial charge on any atom is 0.140 e. The monoisotopic (exact) mass is 395 g/mol. The average Bonchev–Trinajstić information content (AvgIpc) is 2.75. The minimum absolute atomic E-state index is 0.465. The summed E-state index contributed by atoms with van der Waals surface area (Å²) in [6.07, 6.45) is 0. The first kappa shape index (κ1) is 19.6. The van der Waals surface area contributed by atoms with Crippen LogP contribution in [0.4, 0.5) is 11.5 Å². The summed E-state index contributed by atoms with van der Waals surface area (Å²) in [4.78, 5) is 4.94. The zero-order valence-corrected chi connectivity index (χ0v) is 17.7. The van der Waals surface area contributed by atoms with E-state index in [0.717, 1.165) is 39.0 Å². The van der Waals surface area contributed by atoms with Crippen molar-refractivity contribution in [3.05, 3.63) is 83.4 Å². The third kappa shape index (κ3) is 3.64. The number of para-hydroxylation sites is 1. The summed E-state index contributed by atoms with van der Waals surface area (Å²) in [6.45, 7) is 6.02. The zero-order valence-electron chi connectivity index (χ0n) is 17.7. The molecule has 0 atom stereocenters. The number of nitrogens with zero attached hydrogens (tertiary/aromatic N) is 1. The number of pyridine rings is 1. The van der Waals surface area contributed by atoms with Crippen molar-refractivity contribution >= 4 is 28.1 Å². The molecule has 2 N–H and O–H groups in total. The molecule has 1 heterocycles. The van der Waals surface area contributed by atoms with E-state index in [1.807, 2.05) is 61.5 Å². The van der Waals surface area contributed by atoms with Crippen LogP contribution in [0.3, 0.4) is 0 Å². The lowest BCUT2D eigenvalue weighted by Gasteiger charge is -2.19. The van der Waals surface area contributed by atoms with Crippen LogP contribution in [0.5, 0.6) is 5.75 Å². The third-order valence-electron chi connectivity index (χ3n) is 5.39. The number of methoxy groups -OCH3 is 1. The fourth-order valence-corrected chi connectivity index (χ4v) is 3.69. The van der Waals surface area contributed by atoms with Crippen LogP contribution >= 0.6 is 0 Å². The van der Waals surface area contributed by atoms with Gasteiger partial charge in [0.25, 0.3) is 0 Å². The molecule has 1 aromatic heterocycles. The molecule has 0 spiro atoms. The molecule has 4 aromatic rings. The Morgan fingerprint density at radius 1 is 0.933 bits per heavy atom. The SMILES string of the molecule is COc1ccc(-c2c(C(C)=N)c(Nc3ccccc3)nc3cc(C)c(C)cc23)cc1. The second kappa shape index (κ2) is 7.99. The van der Waals surface area contributed by atoms with Gasteiger partial charge in [-0.05, 0) is 73.9 Å². The lowest BCUT2D eigenvalue weighted by atomic mass is 9.91. The van der Waals surface area contributed by atoms with Crippen LogP contribution in [0.1, 0.15) is 23.6 Å². The second-order valence-electron chi connectivity index (χ2n) is 7.51. The molecule has 0 fully saturated rings. The molecule has 4 heteroatoms. The summed E-state index contributed by atoms with van der Waals surface area (Å²) >= 11 is 0. The predicted molar refractivity (Wildman–Crippen MR) is 125 cm³/mol. The smallest absolute Gasteiger partial charge is 0.140 e. The van der Waals surface area contributed by atoms with E-state index in [1.165, 1.54) is 11.1 Å². The van der Waals surface area contributed by atoms with Gasteiger partial charge in [-0.25, -0.2) is 4.98 Å². The number of ether oxygens (including phenoxy) is 1. The molecule has 0 saturated heterocycles. The van der Waals surface area contributed by atoms with E-state index >= 15 is 0 Å². The second-order valence-corrected chi connectivity index (χ2v) is 7.51. The molecular weight excluding hydrogens is 370 g/mol. The standard InChI is InChI=1S/C26H25N3O/c1-16-14-22-23(15-17(16)2)29-26(28-20-8-6-5-7-9-20)24(18(3)27)25(22)19-10-12-21(30-4)13-11-19/h5-15,27H,1-4H3,(H,28,29). The van der Waals surface area contributed by atoms with Crippen molar-refractivity contribution in [1.29, 1.82) is 5.41 Å². The van der Waals surface area contributed by atoms with E-state index in [4.69, 9.17) is 15.1 Å². The van der Waals surface area contributed by atoms with E-state index in [0.29, 0.717) is 11.5 Å². The largest absolute Gasteiger partial charge is 0.497 e. The molecule has 0 amide bonds. The minimum Gasteiger partial charge on any atom is -0.497 e. The fourth-order valence-electron chi connectivity index (χ4n) is 3.69. The molecule has 0 unspecified atom stereocenters. The van der Waals surface area contributed by atoms with E-state index in [9.17, 15) is 0 Å². The van der Waals surface area contributed by atoms with Crippen molar-refractivity contribution in [2.24, 2.45) is 0 Å². The van der Waals surface area contributed by atoms with Gasteiger partial charge in [0.1, 0.15) is 11.6 Å². The Morgan fingerprint density at radius 2 is 1.60 bits per heavy atom. The molecule has 0 saturated carbocycles. The van der Waals surface area contributed by atoms with Crippen molar-refractivity contribution in [3.63, 3.8) is 0 Å². The Bertz CT molecular complexity index is 1230. The fraction of sp³-hybridized carbons (Fsp3) is 0.154. The van der Waals surface area contributed by atoms with Crippen LogP contribution in [0.25, 0.3) is 22.0 Å². The molecule has 3 aromatic carbocycles. The van der Waals surface area contributed by atoms with Gasteiger partial charge in [0.05, 0.1) is 12.6 Å². The molecule has 0 aliphatic carbocycles. The molecule has 4 rings (SSSR count). The van der Waals surface area contributed by atoms with Crippen LogP contribution in [0, 0.1) is 19.3 Å². The highest BCUT2D eigenvalue weighted by Crippen LogP contribution is 2.38. The summed E-state index contributed by atoms with van der Waals surface area (Å²) in [5.74, 6) is 1.50. The summed E-state index contributed by atoms with van der Waals surface area (Å²) in [6, 6.07) is 22.2. The summed E-state index contributed by atoms with van der Waals surface area (Å²) in [5, 5.41) is 13.1. The summed E-state index contributed by atoms with van der Waals surface area (Å²) in [5.41, 5.74) is 7.56. The highest BCUT2D eigenvalue weighted by molar-refractivity contribution is 6.14. The lowest BCUT2D eigenvalue weighted by Crippen LogP contribution is -2.07. The summed E-state index contributed by atoms with van der Waals surface area (Å²) in [7, 11) is 1.66. The minimum atomic E-state index is 0.465. The van der Waals surface area contributed by atoms with E-state index in [-0.39, 0.29) is 0 Å². The van der Waals surface area contributed by atoms with Crippen LogP contribution in [-0.2, 0) is 0 Å². The first-order valence-electron chi connectivity index (χ1n) is 9.95. The lowest BCUT2D eigenvalue weighted by molar-refractivity contribution is 0.415. The number of rotatable bonds is 5. The van der Waals surface area contributed by atoms with Crippen LogP contribution in [0.2, 0.25) is 0 Å². The number of nitrogens with one attached hydrogen (secondary N) is 2. The van der Waals surface area contributed by atoms with Crippen LogP contribution < -0.4 is 10.1 Å². The van der Waals surface area contributed by atoms with Gasteiger partial charge in [0.15, 0.2) is 0 Å². The van der Waals surface area contributed by atoms with Gasteiger partial charge in [0.2, 0.25) is 0 Å². The molecule has 0 bridgehead atoms. The molecule has 0 aliphatic rings. The quantitative estimate of drug-likeness (QED) is 0.372. The number of hydrogen-bond donors (Lipinski definition) is 2. The number of anilines is 2. The Hall–Kier alpha value is -3.66. The van der Waals surface area contributed by atoms with E-state index < -0.39 is 0 Å². The van der Waals surface area contributed by atoms with Crippen LogP contribution in [0.15, 0.2) is 66.7 Å². The van der Waals surface area contributed by atoms with Gasteiger partial charge in [-0.15, -0.1) is 0 Å². The van der Waals surface area contributed by atoms with Crippen molar-refractivity contribution in [2.45, 2.75) is 20.8 Å². The van der Waals surface area contributed by atoms with E-state index in [1.54, 1.807) is 7.11 Å². The van der Waals surface area contributed by atoms with Crippen molar-refractivity contribution < 1.29 is 4.74 Å². The number of benzene rings is 3. The maximum atomic E-state index is 8.58. The van der Waals surface area contributed by atoms with Gasteiger partial charge in [-0.2, -0.15) is 0 Å². The Morgan fingerprint density at radius 3 is 2.23 bits per heavy atom. The average molecular weight is 396 g/mol. The van der Waals surface area contributed by atoms with Crippen molar-refractivity contribution in [3.8, 4) is 16.9 Å². The highest BCUT2D eigenvalue weighted by atomic mass is 16.5. The molecule has 4 nitrogen and oxygen atoms in total. The zero-order chi connectivity index (χ0) is 21.3. The topological polar surface area (TPSA) is 58.0 Å². The Labute approximate surface area is 177 Å². The normalized spacial score (nSPS) is 10.8. The number of aromatic nitrogens is 1. The molecule has 30 heavy (non-hydrogen) atoms.